The number of ether oxygens (including phenoxy) is 1. The summed E-state index contributed by atoms with van der Waals surface area (Å²) in [5.41, 5.74) is 7.49. The van der Waals surface area contributed by atoms with Crippen LogP contribution in [0.5, 0.6) is 11.5 Å². The zero-order valence-corrected chi connectivity index (χ0v) is 19.5. The molecule has 8 nitrogen and oxygen atoms in total. The molecule has 3 aromatic rings. The highest BCUT2D eigenvalue weighted by Crippen LogP contribution is 2.29. The van der Waals surface area contributed by atoms with Crippen molar-refractivity contribution in [2.75, 3.05) is 32.5 Å². The standard InChI is InChI=1S/C26H30N6O2/c1-31-17-14-21(15-18-31)32(2)25(33)19-10-12-20(13-11-19)29-26(27)30-24-23(9-6-16-28-24)34-22-7-4-3-5-8-22/h3-13,16,21H,14-15,17-18H2,1-2H3,(H3,27,28,29,30). The van der Waals surface area contributed by atoms with E-state index in [0.29, 0.717) is 22.9 Å². The van der Waals surface area contributed by atoms with Crippen molar-refractivity contribution in [3.63, 3.8) is 0 Å². The zero-order valence-electron chi connectivity index (χ0n) is 19.5. The Morgan fingerprint density at radius 2 is 1.79 bits per heavy atom. The van der Waals surface area contributed by atoms with Crippen LogP contribution >= 0.6 is 0 Å². The van der Waals surface area contributed by atoms with Gasteiger partial charge in [0.05, 0.1) is 0 Å². The number of aliphatic imine (C=N–C) groups is 1. The third-order valence-electron chi connectivity index (χ3n) is 5.91. The molecule has 0 bridgehead atoms. The van der Waals surface area contributed by atoms with Crippen LogP contribution in [0, 0.1) is 0 Å². The third-order valence-corrected chi connectivity index (χ3v) is 5.91. The second-order valence-electron chi connectivity index (χ2n) is 8.39. The summed E-state index contributed by atoms with van der Waals surface area (Å²) in [5.74, 6) is 1.74. The van der Waals surface area contributed by atoms with Gasteiger partial charge in [0.15, 0.2) is 17.5 Å². The molecule has 34 heavy (non-hydrogen) atoms. The number of nitrogens with zero attached hydrogens (tertiary/aromatic N) is 4. The Bertz CT molecular complexity index is 1130. The molecule has 1 aromatic heterocycles. The van der Waals surface area contributed by atoms with E-state index < -0.39 is 0 Å². The Kier molecular flexibility index (Phi) is 7.39. The van der Waals surface area contributed by atoms with E-state index in [0.717, 1.165) is 31.6 Å². The van der Waals surface area contributed by atoms with Gasteiger partial charge in [-0.15, -0.1) is 0 Å². The average Bonchev–Trinajstić information content (AvgIpc) is 2.86. The van der Waals surface area contributed by atoms with Crippen molar-refractivity contribution < 1.29 is 9.53 Å². The van der Waals surface area contributed by atoms with Crippen molar-refractivity contribution in [1.29, 1.82) is 0 Å². The van der Waals surface area contributed by atoms with E-state index in [-0.39, 0.29) is 17.9 Å². The van der Waals surface area contributed by atoms with Crippen molar-refractivity contribution in [3.8, 4) is 11.5 Å². The highest BCUT2D eigenvalue weighted by atomic mass is 16.5. The van der Waals surface area contributed by atoms with Gasteiger partial charge in [-0.2, -0.15) is 4.99 Å². The summed E-state index contributed by atoms with van der Waals surface area (Å²) in [5, 5.41) is 3.05. The number of amides is 1. The molecule has 0 spiro atoms. The van der Waals surface area contributed by atoms with Gasteiger partial charge in [0, 0.05) is 30.5 Å². The molecule has 0 aliphatic carbocycles. The maximum Gasteiger partial charge on any atom is 0.253 e. The van der Waals surface area contributed by atoms with E-state index in [1.165, 1.54) is 0 Å². The van der Waals surface area contributed by atoms with Crippen LogP contribution in [0.3, 0.4) is 0 Å². The second kappa shape index (κ2) is 10.8. The van der Waals surface area contributed by atoms with Crippen LogP contribution in [0.2, 0.25) is 0 Å². The Labute approximate surface area is 200 Å². The molecule has 1 saturated heterocycles. The predicted molar refractivity (Wildman–Crippen MR) is 135 cm³/mol. The molecule has 0 radical (unpaired) electrons. The number of rotatable bonds is 6. The number of guanidine groups is 1. The lowest BCUT2D eigenvalue weighted by Gasteiger charge is -2.35. The Morgan fingerprint density at radius 3 is 2.50 bits per heavy atom. The molecule has 1 aliphatic heterocycles. The fourth-order valence-corrected chi connectivity index (χ4v) is 3.90. The summed E-state index contributed by atoms with van der Waals surface area (Å²) in [6, 6.07) is 20.5. The number of benzene rings is 2. The number of aromatic nitrogens is 1. The first-order valence-corrected chi connectivity index (χ1v) is 11.3. The highest BCUT2D eigenvalue weighted by Gasteiger charge is 2.24. The van der Waals surface area contributed by atoms with Crippen LogP contribution in [-0.2, 0) is 0 Å². The summed E-state index contributed by atoms with van der Waals surface area (Å²) < 4.78 is 5.88. The minimum Gasteiger partial charge on any atom is -0.453 e. The first-order chi connectivity index (χ1) is 16.5. The molecule has 1 aliphatic rings. The molecule has 0 atom stereocenters. The molecule has 0 saturated carbocycles. The zero-order chi connectivity index (χ0) is 23.9. The second-order valence-corrected chi connectivity index (χ2v) is 8.39. The molecule has 4 rings (SSSR count). The van der Waals surface area contributed by atoms with Crippen LogP contribution in [0.4, 0.5) is 11.5 Å². The van der Waals surface area contributed by atoms with Gasteiger partial charge in [0.1, 0.15) is 5.75 Å². The summed E-state index contributed by atoms with van der Waals surface area (Å²) in [4.78, 5) is 25.7. The number of para-hydroxylation sites is 1. The molecule has 1 amide bonds. The van der Waals surface area contributed by atoms with E-state index in [4.69, 9.17) is 10.5 Å². The molecule has 1 fully saturated rings. The number of carbonyl (C=O) groups excluding carboxylic acids is 1. The maximum atomic E-state index is 12.9. The smallest absolute Gasteiger partial charge is 0.253 e. The summed E-state index contributed by atoms with van der Waals surface area (Å²) in [6.45, 7) is 2.02. The Balaban J connectivity index is 1.40. The lowest BCUT2D eigenvalue weighted by atomic mass is 10.0. The lowest BCUT2D eigenvalue weighted by Crippen LogP contribution is -2.44. The number of nitrogens with two attached hydrogens (primary N) is 1. The third kappa shape index (κ3) is 5.90. The quantitative estimate of drug-likeness (QED) is 0.427. The van der Waals surface area contributed by atoms with Crippen molar-refractivity contribution >= 4 is 23.4 Å². The predicted octanol–water partition coefficient (Wildman–Crippen LogP) is 4.10. The van der Waals surface area contributed by atoms with Crippen LogP contribution in [-0.4, -0.2) is 59.9 Å². The number of pyridine rings is 1. The van der Waals surface area contributed by atoms with Crippen LogP contribution < -0.4 is 15.8 Å². The van der Waals surface area contributed by atoms with E-state index in [1.807, 2.05) is 54.4 Å². The first-order valence-electron chi connectivity index (χ1n) is 11.3. The van der Waals surface area contributed by atoms with Crippen molar-refractivity contribution in [2.45, 2.75) is 18.9 Å². The van der Waals surface area contributed by atoms with Gasteiger partial charge in [0.2, 0.25) is 0 Å². The summed E-state index contributed by atoms with van der Waals surface area (Å²) >= 11 is 0. The van der Waals surface area contributed by atoms with Crippen LogP contribution in [0.1, 0.15) is 23.2 Å². The molecule has 8 heteroatoms. The molecule has 0 unspecified atom stereocenters. The van der Waals surface area contributed by atoms with Gasteiger partial charge in [-0.3, -0.25) is 4.79 Å². The number of piperidine rings is 1. The minimum atomic E-state index is 0.0268. The van der Waals surface area contributed by atoms with Gasteiger partial charge < -0.3 is 25.6 Å². The fraction of sp³-hybridized carbons (Fsp3) is 0.269. The number of nitrogens with one attached hydrogen (secondary N) is 1. The molecule has 2 aromatic carbocycles. The van der Waals surface area contributed by atoms with Gasteiger partial charge in [-0.1, -0.05) is 18.2 Å². The summed E-state index contributed by atoms with van der Waals surface area (Å²) in [7, 11) is 4.00. The number of hydrogen-bond donors (Lipinski definition) is 2. The normalized spacial score (nSPS) is 15.1. The number of likely N-dealkylation sites (tertiary alicyclic amines) is 1. The van der Waals surface area contributed by atoms with E-state index >= 15 is 0 Å². The van der Waals surface area contributed by atoms with Gasteiger partial charge >= 0.3 is 0 Å². The number of hydrogen-bond acceptors (Lipinski definition) is 5. The first kappa shape index (κ1) is 23.3. The SMILES string of the molecule is CN1CCC(N(C)C(=O)c2ccc(NC(N)=Nc3ncccc3Oc3ccccc3)cc2)CC1. The van der Waals surface area contributed by atoms with Crippen LogP contribution in [0.25, 0.3) is 0 Å². The van der Waals surface area contributed by atoms with E-state index in [2.05, 4.69) is 27.2 Å². The largest absolute Gasteiger partial charge is 0.453 e. The average molecular weight is 459 g/mol. The van der Waals surface area contributed by atoms with E-state index in [9.17, 15) is 4.79 Å². The lowest BCUT2D eigenvalue weighted by molar-refractivity contribution is 0.0659. The van der Waals surface area contributed by atoms with Crippen LogP contribution in [0.15, 0.2) is 77.9 Å². The summed E-state index contributed by atoms with van der Waals surface area (Å²) in [6.07, 6.45) is 3.62. The van der Waals surface area contributed by atoms with Crippen molar-refractivity contribution in [3.05, 3.63) is 78.5 Å². The molecular formula is C26H30N6O2. The molecule has 176 valence electrons. The van der Waals surface area contributed by atoms with Gasteiger partial charge in [-0.05, 0) is 81.5 Å². The van der Waals surface area contributed by atoms with Crippen molar-refractivity contribution in [1.82, 2.24) is 14.8 Å². The maximum absolute atomic E-state index is 12.9. The molecule has 2 heterocycles. The van der Waals surface area contributed by atoms with Crippen molar-refractivity contribution in [2.24, 2.45) is 10.7 Å². The fourth-order valence-electron chi connectivity index (χ4n) is 3.90. The Hall–Kier alpha value is -3.91. The number of anilines is 1. The van der Waals surface area contributed by atoms with Gasteiger partial charge in [-0.25, -0.2) is 4.98 Å². The van der Waals surface area contributed by atoms with Gasteiger partial charge in [0.25, 0.3) is 5.91 Å². The minimum absolute atomic E-state index is 0.0268. The molecule has 3 N–H and O–H groups in total. The topological polar surface area (TPSA) is 96.1 Å². The molecular weight excluding hydrogens is 428 g/mol. The monoisotopic (exact) mass is 458 g/mol. The highest BCUT2D eigenvalue weighted by molar-refractivity contribution is 5.97. The van der Waals surface area contributed by atoms with E-state index in [1.54, 1.807) is 30.5 Å². The Morgan fingerprint density at radius 1 is 1.09 bits per heavy atom. The number of carbonyl (C=O) groups is 1.